The average molecular weight is 262 g/mol. The van der Waals surface area contributed by atoms with Crippen molar-refractivity contribution in [2.24, 2.45) is 35.5 Å². The number of allylic oxidation sites excluding steroid dienone is 2. The second-order valence-electron chi connectivity index (χ2n) is 7.22. The molecule has 0 aromatic heterocycles. The maximum Gasteiger partial charge on any atom is 0.136 e. The van der Waals surface area contributed by atoms with Crippen LogP contribution in [0.4, 0.5) is 0 Å². The molecule has 2 saturated carbocycles. The van der Waals surface area contributed by atoms with Crippen molar-refractivity contribution >= 4 is 5.78 Å². The summed E-state index contributed by atoms with van der Waals surface area (Å²) < 4.78 is 0. The fraction of sp³-hybridized carbons (Fsp3) is 0.833. The van der Waals surface area contributed by atoms with Crippen LogP contribution < -0.4 is 0 Å². The molecule has 0 N–H and O–H groups in total. The van der Waals surface area contributed by atoms with E-state index in [1.165, 1.54) is 12.8 Å². The van der Waals surface area contributed by atoms with Crippen LogP contribution in [0.3, 0.4) is 0 Å². The molecular formula is C18H30O. The molecule has 108 valence electrons. The van der Waals surface area contributed by atoms with E-state index in [9.17, 15) is 4.79 Å². The monoisotopic (exact) mass is 262 g/mol. The van der Waals surface area contributed by atoms with Crippen molar-refractivity contribution in [2.75, 3.05) is 0 Å². The number of Topliss-reactive ketones (excluding diaryl/α,β-unsaturated/α-hetero) is 1. The number of rotatable bonds is 4. The van der Waals surface area contributed by atoms with Gasteiger partial charge in [-0.2, -0.15) is 0 Å². The molecule has 19 heavy (non-hydrogen) atoms. The molecule has 0 spiro atoms. The molecule has 0 saturated heterocycles. The zero-order chi connectivity index (χ0) is 14.0. The summed E-state index contributed by atoms with van der Waals surface area (Å²) in [6.07, 6.45) is 10.5. The maximum absolute atomic E-state index is 12.0. The van der Waals surface area contributed by atoms with E-state index in [1.807, 2.05) is 0 Å². The van der Waals surface area contributed by atoms with Gasteiger partial charge in [0.25, 0.3) is 0 Å². The van der Waals surface area contributed by atoms with Crippen LogP contribution in [-0.4, -0.2) is 5.78 Å². The van der Waals surface area contributed by atoms with Crippen molar-refractivity contribution in [3.8, 4) is 0 Å². The molecule has 2 aliphatic rings. The van der Waals surface area contributed by atoms with E-state index in [2.05, 4.69) is 39.8 Å². The van der Waals surface area contributed by atoms with Gasteiger partial charge in [0.2, 0.25) is 0 Å². The Balaban J connectivity index is 1.96. The average Bonchev–Trinajstić information content (AvgIpc) is 2.80. The standard InChI is InChI=1S/C18H30O/c1-12(2)13(3)8-9-14(4)15-10-11-17-16(15)6-5-7-18(17)19/h8-9,12-17H,5-7,10-11H2,1-4H3/b9-8+/t13-,14-,15?,16+,17+/m0/s1. The minimum atomic E-state index is 0.414. The van der Waals surface area contributed by atoms with E-state index < -0.39 is 0 Å². The van der Waals surface area contributed by atoms with Crippen LogP contribution in [0.5, 0.6) is 0 Å². The van der Waals surface area contributed by atoms with Crippen LogP contribution in [-0.2, 0) is 4.79 Å². The highest BCUT2D eigenvalue weighted by molar-refractivity contribution is 5.82. The van der Waals surface area contributed by atoms with E-state index in [0.717, 1.165) is 31.1 Å². The first-order valence-corrected chi connectivity index (χ1v) is 8.21. The topological polar surface area (TPSA) is 17.1 Å². The molecule has 0 heterocycles. The summed E-state index contributed by atoms with van der Waals surface area (Å²) in [7, 11) is 0. The van der Waals surface area contributed by atoms with Gasteiger partial charge in [-0.1, -0.05) is 39.8 Å². The third-order valence-corrected chi connectivity index (χ3v) is 5.70. The Bertz CT molecular complexity index is 342. The number of fused-ring (bicyclic) bond motifs is 1. The van der Waals surface area contributed by atoms with Gasteiger partial charge >= 0.3 is 0 Å². The molecule has 1 unspecified atom stereocenters. The fourth-order valence-corrected chi connectivity index (χ4v) is 3.98. The van der Waals surface area contributed by atoms with E-state index in [0.29, 0.717) is 29.5 Å². The van der Waals surface area contributed by atoms with Crippen LogP contribution in [0.15, 0.2) is 12.2 Å². The molecule has 0 aromatic carbocycles. The Kier molecular flexibility index (Phi) is 4.86. The van der Waals surface area contributed by atoms with Crippen LogP contribution in [0.2, 0.25) is 0 Å². The summed E-state index contributed by atoms with van der Waals surface area (Å²) in [5, 5.41) is 0. The van der Waals surface area contributed by atoms with Crippen LogP contribution in [0.1, 0.15) is 59.8 Å². The summed E-state index contributed by atoms with van der Waals surface area (Å²) in [6, 6.07) is 0. The summed E-state index contributed by atoms with van der Waals surface area (Å²) in [5.74, 6) is 4.44. The minimum absolute atomic E-state index is 0.414. The Morgan fingerprint density at radius 2 is 1.79 bits per heavy atom. The van der Waals surface area contributed by atoms with E-state index in [1.54, 1.807) is 0 Å². The summed E-state index contributed by atoms with van der Waals surface area (Å²) in [4.78, 5) is 12.0. The van der Waals surface area contributed by atoms with Gasteiger partial charge in [0.1, 0.15) is 5.78 Å². The van der Waals surface area contributed by atoms with Crippen molar-refractivity contribution in [3.05, 3.63) is 12.2 Å². The first kappa shape index (κ1) is 14.8. The van der Waals surface area contributed by atoms with Gasteiger partial charge in [0.15, 0.2) is 0 Å². The highest BCUT2D eigenvalue weighted by atomic mass is 16.1. The summed E-state index contributed by atoms with van der Waals surface area (Å²) in [5.41, 5.74) is 0. The third-order valence-electron chi connectivity index (χ3n) is 5.70. The molecule has 1 heteroatoms. The highest BCUT2D eigenvalue weighted by Crippen LogP contribution is 2.47. The largest absolute Gasteiger partial charge is 0.299 e. The highest BCUT2D eigenvalue weighted by Gasteiger charge is 2.42. The van der Waals surface area contributed by atoms with Crippen LogP contribution >= 0.6 is 0 Å². The quantitative estimate of drug-likeness (QED) is 0.661. The SMILES string of the molecule is CC(C)[C@@H](C)/C=C/[C@H](C)C1CC[C@H]2C(=O)CCC[C@H]12. The first-order valence-electron chi connectivity index (χ1n) is 8.21. The molecule has 2 rings (SSSR count). The molecule has 5 atom stereocenters. The normalized spacial score (nSPS) is 34.8. The van der Waals surface area contributed by atoms with Crippen LogP contribution in [0, 0.1) is 35.5 Å². The molecule has 1 nitrogen and oxygen atoms in total. The maximum atomic E-state index is 12.0. The predicted molar refractivity (Wildman–Crippen MR) is 80.9 cm³/mol. The molecule has 0 radical (unpaired) electrons. The molecular weight excluding hydrogens is 232 g/mol. The number of ketones is 1. The molecule has 0 bridgehead atoms. The fourth-order valence-electron chi connectivity index (χ4n) is 3.98. The Morgan fingerprint density at radius 3 is 2.47 bits per heavy atom. The zero-order valence-corrected chi connectivity index (χ0v) is 13.1. The summed E-state index contributed by atoms with van der Waals surface area (Å²) in [6.45, 7) is 9.22. The van der Waals surface area contributed by atoms with Gasteiger partial charge < -0.3 is 0 Å². The first-order chi connectivity index (χ1) is 9.00. The van der Waals surface area contributed by atoms with Gasteiger partial charge in [-0.15, -0.1) is 0 Å². The molecule has 0 aliphatic heterocycles. The number of hydrogen-bond acceptors (Lipinski definition) is 1. The minimum Gasteiger partial charge on any atom is -0.299 e. The zero-order valence-electron chi connectivity index (χ0n) is 13.1. The second-order valence-corrected chi connectivity index (χ2v) is 7.22. The van der Waals surface area contributed by atoms with Gasteiger partial charge in [0, 0.05) is 12.3 Å². The molecule has 0 aromatic rings. The molecule has 2 fully saturated rings. The second kappa shape index (κ2) is 6.24. The number of carbonyl (C=O) groups is 1. The molecule has 0 amide bonds. The summed E-state index contributed by atoms with van der Waals surface area (Å²) >= 11 is 0. The Labute approximate surface area is 118 Å². The van der Waals surface area contributed by atoms with Crippen molar-refractivity contribution in [1.29, 1.82) is 0 Å². The predicted octanol–water partition coefficient (Wildman–Crippen LogP) is 4.87. The van der Waals surface area contributed by atoms with Crippen molar-refractivity contribution in [3.63, 3.8) is 0 Å². The van der Waals surface area contributed by atoms with Gasteiger partial charge in [-0.05, 0) is 55.3 Å². The number of hydrogen-bond donors (Lipinski definition) is 0. The van der Waals surface area contributed by atoms with Gasteiger partial charge in [-0.3, -0.25) is 4.79 Å². The Hall–Kier alpha value is -0.590. The lowest BCUT2D eigenvalue weighted by Crippen LogP contribution is -2.29. The lowest BCUT2D eigenvalue weighted by atomic mass is 9.73. The van der Waals surface area contributed by atoms with Crippen molar-refractivity contribution in [1.82, 2.24) is 0 Å². The van der Waals surface area contributed by atoms with Gasteiger partial charge in [0.05, 0.1) is 0 Å². The lowest BCUT2D eigenvalue weighted by Gasteiger charge is -2.30. The van der Waals surface area contributed by atoms with E-state index >= 15 is 0 Å². The van der Waals surface area contributed by atoms with E-state index in [-0.39, 0.29) is 0 Å². The number of carbonyl (C=O) groups excluding carboxylic acids is 1. The van der Waals surface area contributed by atoms with Crippen molar-refractivity contribution < 1.29 is 4.79 Å². The molecule has 2 aliphatic carbocycles. The van der Waals surface area contributed by atoms with Gasteiger partial charge in [-0.25, -0.2) is 0 Å². The van der Waals surface area contributed by atoms with Crippen molar-refractivity contribution in [2.45, 2.75) is 59.8 Å². The third kappa shape index (κ3) is 3.30. The Morgan fingerprint density at radius 1 is 1.05 bits per heavy atom. The lowest BCUT2D eigenvalue weighted by molar-refractivity contribution is -0.126. The smallest absolute Gasteiger partial charge is 0.136 e. The van der Waals surface area contributed by atoms with E-state index in [4.69, 9.17) is 0 Å². The van der Waals surface area contributed by atoms with Crippen LogP contribution in [0.25, 0.3) is 0 Å².